The molecule has 3 N–H and O–H groups in total. The van der Waals surface area contributed by atoms with Crippen molar-refractivity contribution in [1.29, 1.82) is 0 Å². The summed E-state index contributed by atoms with van der Waals surface area (Å²) >= 11 is 0. The lowest BCUT2D eigenvalue weighted by Crippen LogP contribution is -2.60. The second-order valence-electron chi connectivity index (χ2n) is 10.1. The predicted molar refractivity (Wildman–Crippen MR) is 99.2 cm³/mol. The number of fused-ring (bicyclic) bond motifs is 5. The van der Waals surface area contributed by atoms with E-state index >= 15 is 0 Å². The third kappa shape index (κ3) is 1.87. The van der Waals surface area contributed by atoms with E-state index in [4.69, 9.17) is 5.73 Å². The SMILES string of the molecule is Cc1cc(O)c2c(c1)C[C@@H]1[C@@]3(C)CC[C@H](N)C(C)(C)[C@@H]3CC[C@@]21C. The van der Waals surface area contributed by atoms with Gasteiger partial charge in [-0.3, -0.25) is 0 Å². The average Bonchev–Trinajstić information content (AvgIpc) is 2.77. The number of rotatable bonds is 0. The fraction of sp³-hybridized carbons (Fsp3) is 0.727. The van der Waals surface area contributed by atoms with Gasteiger partial charge in [0.1, 0.15) is 5.75 Å². The zero-order valence-corrected chi connectivity index (χ0v) is 15.9. The number of phenols is 1. The van der Waals surface area contributed by atoms with E-state index in [0.717, 1.165) is 12.8 Å². The van der Waals surface area contributed by atoms with Gasteiger partial charge in [-0.1, -0.05) is 33.8 Å². The molecule has 0 saturated heterocycles. The first-order valence-electron chi connectivity index (χ1n) is 9.69. The van der Waals surface area contributed by atoms with Crippen LogP contribution in [-0.2, 0) is 11.8 Å². The summed E-state index contributed by atoms with van der Waals surface area (Å²) in [5, 5.41) is 10.7. The lowest BCUT2D eigenvalue weighted by Gasteiger charge is -2.62. The van der Waals surface area contributed by atoms with Crippen LogP contribution in [0, 0.1) is 29.6 Å². The van der Waals surface area contributed by atoms with E-state index in [2.05, 4.69) is 40.7 Å². The van der Waals surface area contributed by atoms with Gasteiger partial charge in [-0.2, -0.15) is 0 Å². The Morgan fingerprint density at radius 3 is 2.46 bits per heavy atom. The zero-order chi connectivity index (χ0) is 17.5. The minimum Gasteiger partial charge on any atom is -0.508 e. The molecule has 2 nitrogen and oxygen atoms in total. The summed E-state index contributed by atoms with van der Waals surface area (Å²) in [6.45, 7) is 11.8. The first kappa shape index (κ1) is 16.4. The summed E-state index contributed by atoms with van der Waals surface area (Å²) in [7, 11) is 0. The number of hydrogen-bond donors (Lipinski definition) is 2. The highest BCUT2D eigenvalue weighted by Gasteiger charge is 2.62. The second-order valence-corrected chi connectivity index (χ2v) is 10.1. The van der Waals surface area contributed by atoms with Crippen molar-refractivity contribution in [3.05, 3.63) is 28.8 Å². The minimum atomic E-state index is 0.121. The molecular formula is C22H33NO. The molecule has 0 aromatic heterocycles. The molecule has 1 aromatic rings. The fourth-order valence-corrected chi connectivity index (χ4v) is 7.22. The van der Waals surface area contributed by atoms with Crippen LogP contribution in [-0.4, -0.2) is 11.1 Å². The van der Waals surface area contributed by atoms with Crippen molar-refractivity contribution in [3.63, 3.8) is 0 Å². The maximum Gasteiger partial charge on any atom is 0.119 e. The molecule has 0 amide bonds. The van der Waals surface area contributed by atoms with E-state index in [0.29, 0.717) is 29.0 Å². The van der Waals surface area contributed by atoms with E-state index in [1.54, 1.807) is 0 Å². The van der Waals surface area contributed by atoms with Crippen LogP contribution in [0.4, 0.5) is 0 Å². The first-order valence-corrected chi connectivity index (χ1v) is 9.69. The molecule has 0 spiro atoms. The molecule has 1 aromatic carbocycles. The number of benzene rings is 1. The molecule has 2 fully saturated rings. The summed E-state index contributed by atoms with van der Waals surface area (Å²) < 4.78 is 0. The molecule has 4 rings (SSSR count). The van der Waals surface area contributed by atoms with Crippen LogP contribution in [0.5, 0.6) is 5.75 Å². The third-order valence-corrected chi connectivity index (χ3v) is 8.50. The Morgan fingerprint density at radius 2 is 1.75 bits per heavy atom. The largest absolute Gasteiger partial charge is 0.508 e. The van der Waals surface area contributed by atoms with Gasteiger partial charge < -0.3 is 10.8 Å². The summed E-state index contributed by atoms with van der Waals surface area (Å²) in [5.41, 5.74) is 11.0. The number of hydrogen-bond acceptors (Lipinski definition) is 2. The second kappa shape index (κ2) is 4.78. The monoisotopic (exact) mass is 327 g/mol. The number of aryl methyl sites for hydroxylation is 1. The molecule has 24 heavy (non-hydrogen) atoms. The lowest BCUT2D eigenvalue weighted by molar-refractivity contribution is -0.107. The van der Waals surface area contributed by atoms with Crippen molar-refractivity contribution in [2.75, 3.05) is 0 Å². The number of phenolic OH excluding ortho intramolecular Hbond substituents is 1. The predicted octanol–water partition coefficient (Wildman–Crippen LogP) is 4.69. The van der Waals surface area contributed by atoms with Crippen molar-refractivity contribution in [2.24, 2.45) is 28.4 Å². The summed E-state index contributed by atoms with van der Waals surface area (Å²) in [4.78, 5) is 0. The molecule has 3 aliphatic rings. The molecule has 5 atom stereocenters. The normalized spacial score (nSPS) is 43.0. The summed E-state index contributed by atoms with van der Waals surface area (Å²) in [6.07, 6.45) is 5.90. The number of aromatic hydroxyl groups is 1. The van der Waals surface area contributed by atoms with Crippen LogP contribution < -0.4 is 5.73 Å². The topological polar surface area (TPSA) is 46.2 Å². The van der Waals surface area contributed by atoms with Gasteiger partial charge in [-0.05, 0) is 78.9 Å². The highest BCUT2D eigenvalue weighted by molar-refractivity contribution is 5.52. The molecule has 3 aliphatic carbocycles. The van der Waals surface area contributed by atoms with Crippen molar-refractivity contribution in [1.82, 2.24) is 0 Å². The van der Waals surface area contributed by atoms with Crippen molar-refractivity contribution >= 4 is 0 Å². The first-order chi connectivity index (χ1) is 11.1. The quantitative estimate of drug-likeness (QED) is 0.726. The standard InChI is InChI=1S/C22H33NO/c1-13-10-14-12-17-21(4)9-7-18(23)20(2,3)16(21)6-8-22(17,5)19(14)15(24)11-13/h10-11,16-18,24H,6-9,12,23H2,1-5H3/t16-,17+,18-,21-,22+/m0/s1. The Hall–Kier alpha value is -1.02. The average molecular weight is 328 g/mol. The van der Waals surface area contributed by atoms with E-state index in [9.17, 15) is 5.11 Å². The Balaban J connectivity index is 1.83. The summed E-state index contributed by atoms with van der Waals surface area (Å²) in [5.74, 6) is 1.84. The van der Waals surface area contributed by atoms with E-state index < -0.39 is 0 Å². The molecular weight excluding hydrogens is 294 g/mol. The Kier molecular flexibility index (Phi) is 3.28. The van der Waals surface area contributed by atoms with Crippen LogP contribution in [0.15, 0.2) is 12.1 Å². The Morgan fingerprint density at radius 1 is 1.04 bits per heavy atom. The van der Waals surface area contributed by atoms with Crippen molar-refractivity contribution < 1.29 is 5.11 Å². The summed E-state index contributed by atoms with van der Waals surface area (Å²) in [6, 6.07) is 4.59. The third-order valence-electron chi connectivity index (χ3n) is 8.50. The van der Waals surface area contributed by atoms with Gasteiger partial charge in [0.05, 0.1) is 0 Å². The molecule has 0 bridgehead atoms. The number of nitrogens with two attached hydrogens (primary N) is 1. The van der Waals surface area contributed by atoms with E-state index in [-0.39, 0.29) is 10.8 Å². The molecule has 0 unspecified atom stereocenters. The smallest absolute Gasteiger partial charge is 0.119 e. The van der Waals surface area contributed by atoms with Crippen molar-refractivity contribution in [2.45, 2.75) is 78.2 Å². The Bertz CT molecular complexity index is 693. The van der Waals surface area contributed by atoms with Crippen LogP contribution in [0.3, 0.4) is 0 Å². The van der Waals surface area contributed by atoms with Gasteiger partial charge in [0.25, 0.3) is 0 Å². The molecule has 132 valence electrons. The Labute approximate surface area is 146 Å². The zero-order valence-electron chi connectivity index (χ0n) is 15.9. The van der Waals surface area contributed by atoms with E-state index in [1.807, 2.05) is 6.07 Å². The van der Waals surface area contributed by atoms with Gasteiger partial charge in [-0.25, -0.2) is 0 Å². The highest BCUT2D eigenvalue weighted by Crippen LogP contribution is 2.68. The van der Waals surface area contributed by atoms with Gasteiger partial charge in [0.2, 0.25) is 0 Å². The van der Waals surface area contributed by atoms with Gasteiger partial charge >= 0.3 is 0 Å². The van der Waals surface area contributed by atoms with Crippen LogP contribution >= 0.6 is 0 Å². The van der Waals surface area contributed by atoms with Crippen LogP contribution in [0.1, 0.15) is 70.1 Å². The van der Waals surface area contributed by atoms with E-state index in [1.165, 1.54) is 36.0 Å². The van der Waals surface area contributed by atoms with Gasteiger partial charge in [0.15, 0.2) is 0 Å². The van der Waals surface area contributed by atoms with Gasteiger partial charge in [-0.15, -0.1) is 0 Å². The molecule has 0 radical (unpaired) electrons. The molecule has 2 saturated carbocycles. The molecule has 2 heteroatoms. The highest BCUT2D eigenvalue weighted by atomic mass is 16.3. The minimum absolute atomic E-state index is 0.121. The molecule has 0 aliphatic heterocycles. The maximum atomic E-state index is 10.7. The maximum absolute atomic E-state index is 10.7. The van der Waals surface area contributed by atoms with Crippen molar-refractivity contribution in [3.8, 4) is 5.75 Å². The van der Waals surface area contributed by atoms with Gasteiger partial charge in [0, 0.05) is 17.0 Å². The molecule has 0 heterocycles. The van der Waals surface area contributed by atoms with Crippen LogP contribution in [0.25, 0.3) is 0 Å². The van der Waals surface area contributed by atoms with Crippen LogP contribution in [0.2, 0.25) is 0 Å². The lowest BCUT2D eigenvalue weighted by atomic mass is 9.43. The fourth-order valence-electron chi connectivity index (χ4n) is 7.22.